The number of aliphatic hydroxyl groups excluding tert-OH is 6. The molecule has 3 heterocycles. The Bertz CT molecular complexity index is 1410. The number of hydrogen-bond donors (Lipinski definition) is 8. The molecule has 8 N–H and O–H groups in total. The average molecular weight is 752 g/mol. The molecule has 0 bridgehead atoms. The minimum absolute atomic E-state index is 0.0204. The fourth-order valence-electron chi connectivity index (χ4n) is 4.69. The number of aromatic nitrogens is 2. The number of phosphoric acid groups is 2. The monoisotopic (exact) mass is 751 g/mol. The van der Waals surface area contributed by atoms with Crippen molar-refractivity contribution >= 4 is 21.6 Å². The van der Waals surface area contributed by atoms with Gasteiger partial charge in [0.2, 0.25) is 5.91 Å². The van der Waals surface area contributed by atoms with Crippen molar-refractivity contribution in [1.82, 2.24) is 14.9 Å². The summed E-state index contributed by atoms with van der Waals surface area (Å²) in [5, 5.41) is 62.8. The molecule has 1 aromatic heterocycles. The molecule has 0 saturated carbocycles. The first-order valence-electron chi connectivity index (χ1n) is 15.0. The molecule has 8 unspecified atom stereocenters. The second-order valence-electron chi connectivity index (χ2n) is 10.8. The fraction of sp³-hybridized carbons (Fsp3) is 0.800. The van der Waals surface area contributed by atoms with Crippen molar-refractivity contribution in [2.75, 3.05) is 47.3 Å². The first kappa shape index (κ1) is 41.5. The summed E-state index contributed by atoms with van der Waals surface area (Å²) in [6.45, 7) is -1.06. The predicted molar refractivity (Wildman–Crippen MR) is 161 cm³/mol. The first-order valence-corrected chi connectivity index (χ1v) is 17.9. The maximum Gasteiger partial charge on any atom is 0.485 e. The zero-order valence-corrected chi connectivity index (χ0v) is 28.3. The fourth-order valence-corrected chi connectivity index (χ4v) is 7.50. The summed E-state index contributed by atoms with van der Waals surface area (Å²) in [5.41, 5.74) is -1.69. The number of nitrogens with zero attached hydrogens (tertiary/aromatic N) is 1. The van der Waals surface area contributed by atoms with Gasteiger partial charge in [-0.1, -0.05) is 0 Å². The van der Waals surface area contributed by atoms with Crippen molar-refractivity contribution in [3.05, 3.63) is 33.1 Å². The van der Waals surface area contributed by atoms with Crippen LogP contribution in [0.25, 0.3) is 0 Å². The van der Waals surface area contributed by atoms with E-state index in [9.17, 15) is 49.0 Å². The van der Waals surface area contributed by atoms with Gasteiger partial charge in [-0.15, -0.1) is 0 Å². The number of aliphatic hydroxyl groups is 6. The molecule has 1 aromatic rings. The van der Waals surface area contributed by atoms with Gasteiger partial charge in [0.25, 0.3) is 5.56 Å². The number of unbranched alkanes of at least 4 members (excludes halogenated alkanes) is 1. The van der Waals surface area contributed by atoms with Crippen LogP contribution < -0.4 is 16.6 Å². The number of rotatable bonds is 20. The second kappa shape index (κ2) is 19.0. The maximum atomic E-state index is 13.6. The summed E-state index contributed by atoms with van der Waals surface area (Å²) >= 11 is 0. The summed E-state index contributed by atoms with van der Waals surface area (Å²) in [6, 6.07) is -0.658. The third-order valence-electron chi connectivity index (χ3n) is 7.34. The van der Waals surface area contributed by atoms with E-state index in [2.05, 4.69) is 5.32 Å². The summed E-state index contributed by atoms with van der Waals surface area (Å²) < 4.78 is 68.9. The van der Waals surface area contributed by atoms with Gasteiger partial charge >= 0.3 is 21.3 Å². The van der Waals surface area contributed by atoms with Crippen molar-refractivity contribution in [3.63, 3.8) is 0 Å². The number of H-pyrrole nitrogens is 1. The van der Waals surface area contributed by atoms with Crippen molar-refractivity contribution in [3.8, 4) is 0 Å². The molecule has 2 aliphatic heterocycles. The largest absolute Gasteiger partial charge is 0.485 e. The summed E-state index contributed by atoms with van der Waals surface area (Å²) in [5.74, 6) is -0.648. The molecule has 0 aliphatic carbocycles. The highest BCUT2D eigenvalue weighted by Gasteiger charge is 2.51. The van der Waals surface area contributed by atoms with Crippen molar-refractivity contribution in [2.24, 2.45) is 0 Å². The number of carbonyl (C=O) groups is 1. The number of ether oxygens (including phenoxy) is 3. The normalized spacial score (nSPS) is 31.2. The van der Waals surface area contributed by atoms with Crippen LogP contribution in [0.4, 0.5) is 0 Å². The molecular weight excluding hydrogens is 708 g/mol. The van der Waals surface area contributed by atoms with Gasteiger partial charge < -0.3 is 50.2 Å². The van der Waals surface area contributed by atoms with Gasteiger partial charge in [-0.05, 0) is 19.3 Å². The lowest BCUT2D eigenvalue weighted by atomic mass is 9.97. The molecule has 3 rings (SSSR count). The molecule has 1 amide bonds. The van der Waals surface area contributed by atoms with Crippen LogP contribution in [0.2, 0.25) is 0 Å². The van der Waals surface area contributed by atoms with Gasteiger partial charge in [0.15, 0.2) is 12.5 Å². The Balaban J connectivity index is 1.67. The van der Waals surface area contributed by atoms with Gasteiger partial charge in [0.1, 0.15) is 42.7 Å². The predicted octanol–water partition coefficient (Wildman–Crippen LogP) is -2.79. The lowest BCUT2D eigenvalue weighted by molar-refractivity contribution is -0.248. The SMILES string of the molecule is COP(=O)(OCC1OC(n2ccc(=O)[nH]c2=O)C(O)C1O)OP(=O)(OC)O[C@@H]1OC(CO)[C@H](O)[C@H](O)C1NC(=O)CCCCOCCCO. The lowest BCUT2D eigenvalue weighted by Gasteiger charge is -2.42. The van der Waals surface area contributed by atoms with E-state index in [-0.39, 0.29) is 13.0 Å². The van der Waals surface area contributed by atoms with E-state index in [1.54, 1.807) is 0 Å². The zero-order valence-electron chi connectivity index (χ0n) is 26.5. The van der Waals surface area contributed by atoms with Crippen LogP contribution in [0.1, 0.15) is 31.9 Å². The van der Waals surface area contributed by atoms with Crippen molar-refractivity contribution in [1.29, 1.82) is 0 Å². The van der Waals surface area contributed by atoms with E-state index in [4.69, 9.17) is 41.7 Å². The van der Waals surface area contributed by atoms with Crippen LogP contribution >= 0.6 is 15.6 Å². The Morgan fingerprint density at radius 1 is 0.939 bits per heavy atom. The number of nitrogens with one attached hydrogen (secondary N) is 2. The minimum atomic E-state index is -5.10. The molecule has 0 radical (unpaired) electrons. The number of amides is 1. The van der Waals surface area contributed by atoms with E-state index in [0.29, 0.717) is 32.5 Å². The molecular formula is C25H43N3O19P2. The highest BCUT2D eigenvalue weighted by atomic mass is 31.3. The topological polar surface area (TPSA) is 313 Å². The molecule has 22 nitrogen and oxygen atoms in total. The summed E-state index contributed by atoms with van der Waals surface area (Å²) in [6.07, 6.45) is -11.3. The number of aromatic amines is 1. The molecule has 11 atom stereocenters. The Morgan fingerprint density at radius 2 is 1.61 bits per heavy atom. The lowest BCUT2D eigenvalue weighted by Crippen LogP contribution is -2.64. The maximum absolute atomic E-state index is 13.6. The molecule has 2 saturated heterocycles. The van der Waals surface area contributed by atoms with E-state index in [1.807, 2.05) is 4.98 Å². The second-order valence-corrected chi connectivity index (χ2v) is 14.4. The average Bonchev–Trinajstić information content (AvgIpc) is 3.35. The summed E-state index contributed by atoms with van der Waals surface area (Å²) in [4.78, 5) is 38.1. The van der Waals surface area contributed by atoms with E-state index in [1.165, 1.54) is 0 Å². The van der Waals surface area contributed by atoms with Gasteiger partial charge in [-0.25, -0.2) is 13.9 Å². The van der Waals surface area contributed by atoms with Gasteiger partial charge in [0, 0.05) is 52.7 Å². The number of carbonyl (C=O) groups excluding carboxylic acids is 1. The quantitative estimate of drug-likeness (QED) is 0.0493. The first-order chi connectivity index (χ1) is 23.2. The smallest absolute Gasteiger partial charge is 0.396 e. The zero-order chi connectivity index (χ0) is 36.4. The van der Waals surface area contributed by atoms with Crippen LogP contribution in [0.3, 0.4) is 0 Å². The summed E-state index contributed by atoms with van der Waals surface area (Å²) in [7, 11) is -8.44. The standard InChI is InChI=1S/C25H43N3O19P2/c1-40-48(38,43-13-15-20(34)22(36)23(44-15)28-8-7-17(32)27-25(28)37)47-49(39,41-2)46-24-18(21(35)19(33)14(12-30)45-24)26-16(31)6-3-4-10-42-11-5-9-29/h7-8,14-15,18-24,29-30,33-36H,3-6,9-13H2,1-2H3,(H,26,31)(H,27,32,37)/t14?,15?,18?,19-,20?,21+,22?,23?,24-,48?,49?/m0/s1. The van der Waals surface area contributed by atoms with Gasteiger partial charge in [-0.3, -0.25) is 37.2 Å². The van der Waals surface area contributed by atoms with E-state index in [0.717, 1.165) is 31.0 Å². The van der Waals surface area contributed by atoms with Gasteiger partial charge in [-0.2, -0.15) is 4.31 Å². The number of phosphoric ester groups is 2. The molecule has 0 aromatic carbocycles. The highest BCUT2D eigenvalue weighted by Crippen LogP contribution is 2.66. The Morgan fingerprint density at radius 3 is 2.24 bits per heavy atom. The van der Waals surface area contributed by atoms with Gasteiger partial charge in [0.05, 0.1) is 13.2 Å². The number of hydrogen-bond acceptors (Lipinski definition) is 19. The van der Waals surface area contributed by atoms with Crippen molar-refractivity contribution in [2.45, 2.75) is 80.9 Å². The molecule has 2 fully saturated rings. The van der Waals surface area contributed by atoms with E-state index >= 15 is 0 Å². The third-order valence-corrected chi connectivity index (χ3v) is 10.8. The van der Waals surface area contributed by atoms with Crippen LogP contribution in [0.5, 0.6) is 0 Å². The van der Waals surface area contributed by atoms with Crippen LogP contribution in [-0.4, -0.2) is 142 Å². The molecule has 2 aliphatic rings. The van der Waals surface area contributed by atoms with Crippen LogP contribution in [-0.2, 0) is 50.5 Å². The Hall–Kier alpha value is -1.95. The minimum Gasteiger partial charge on any atom is -0.396 e. The Labute approximate surface area is 279 Å². The third kappa shape index (κ3) is 11.3. The Kier molecular flexibility index (Phi) is 16.1. The molecule has 24 heteroatoms. The molecule has 0 spiro atoms. The van der Waals surface area contributed by atoms with Crippen molar-refractivity contribution < 1.29 is 81.2 Å². The highest BCUT2D eigenvalue weighted by molar-refractivity contribution is 7.62. The molecule has 49 heavy (non-hydrogen) atoms. The van der Waals surface area contributed by atoms with E-state index < -0.39 is 101 Å². The molecule has 282 valence electrons. The van der Waals surface area contributed by atoms with Crippen LogP contribution in [0.15, 0.2) is 21.9 Å². The van der Waals surface area contributed by atoms with Crippen LogP contribution in [0, 0.1) is 0 Å².